The van der Waals surface area contributed by atoms with Crippen LogP contribution in [0.2, 0.25) is 0 Å². The Labute approximate surface area is 110 Å². The monoisotopic (exact) mass is 257 g/mol. The fourth-order valence-corrected chi connectivity index (χ4v) is 1.75. The molecule has 5 nitrogen and oxygen atoms in total. The number of oxime groups is 1. The summed E-state index contributed by atoms with van der Waals surface area (Å²) >= 11 is 0. The van der Waals surface area contributed by atoms with Crippen LogP contribution in [0.25, 0.3) is 0 Å². The first-order chi connectivity index (χ1) is 8.66. The standard InChI is InChI=1S/C13H27N3O2/c1-16(2)11-9-7-5-3-4-6-8-10-14-13(17)12-15-18/h12,18H,3-11H2,1-2H3,(H,14,17). The van der Waals surface area contributed by atoms with E-state index in [4.69, 9.17) is 5.21 Å². The summed E-state index contributed by atoms with van der Waals surface area (Å²) in [6.45, 7) is 1.84. The molecule has 0 rings (SSSR count). The molecule has 1 amide bonds. The number of carbonyl (C=O) groups is 1. The van der Waals surface area contributed by atoms with Gasteiger partial charge in [0, 0.05) is 6.54 Å². The van der Waals surface area contributed by atoms with Crippen molar-refractivity contribution in [3.63, 3.8) is 0 Å². The highest BCUT2D eigenvalue weighted by Gasteiger charge is 1.96. The predicted octanol–water partition coefficient (Wildman–Crippen LogP) is 1.85. The number of hydrogen-bond donors (Lipinski definition) is 2. The lowest BCUT2D eigenvalue weighted by Crippen LogP contribution is -2.25. The van der Waals surface area contributed by atoms with Gasteiger partial charge in [0.05, 0.1) is 0 Å². The van der Waals surface area contributed by atoms with Crippen LogP contribution in [0, 0.1) is 0 Å². The Kier molecular flexibility index (Phi) is 11.6. The Morgan fingerprint density at radius 3 is 2.22 bits per heavy atom. The molecule has 0 aliphatic carbocycles. The summed E-state index contributed by atoms with van der Waals surface area (Å²) in [6.07, 6.45) is 9.41. The molecule has 0 spiro atoms. The second kappa shape index (κ2) is 12.4. The Bertz CT molecular complexity index is 230. The lowest BCUT2D eigenvalue weighted by atomic mass is 10.1. The van der Waals surface area contributed by atoms with E-state index in [9.17, 15) is 4.79 Å². The molecule has 0 aromatic rings. The second-order valence-corrected chi connectivity index (χ2v) is 4.81. The van der Waals surface area contributed by atoms with Crippen molar-refractivity contribution in [1.82, 2.24) is 10.2 Å². The van der Waals surface area contributed by atoms with Crippen molar-refractivity contribution in [3.8, 4) is 0 Å². The van der Waals surface area contributed by atoms with Crippen molar-refractivity contribution in [3.05, 3.63) is 0 Å². The highest BCUT2D eigenvalue weighted by atomic mass is 16.4. The zero-order valence-corrected chi connectivity index (χ0v) is 11.7. The number of carbonyl (C=O) groups excluding carboxylic acids is 1. The summed E-state index contributed by atoms with van der Waals surface area (Å²) in [7, 11) is 4.21. The summed E-state index contributed by atoms with van der Waals surface area (Å²) in [5, 5.41) is 13.4. The summed E-state index contributed by atoms with van der Waals surface area (Å²) in [4.78, 5) is 13.1. The van der Waals surface area contributed by atoms with E-state index in [0.29, 0.717) is 6.54 Å². The van der Waals surface area contributed by atoms with E-state index in [0.717, 1.165) is 19.1 Å². The average molecular weight is 257 g/mol. The molecule has 5 heteroatoms. The van der Waals surface area contributed by atoms with Gasteiger partial charge in [-0.1, -0.05) is 37.3 Å². The van der Waals surface area contributed by atoms with E-state index in [2.05, 4.69) is 29.5 Å². The average Bonchev–Trinajstić information content (AvgIpc) is 2.31. The van der Waals surface area contributed by atoms with Gasteiger partial charge in [0.15, 0.2) is 0 Å². The van der Waals surface area contributed by atoms with Crippen molar-refractivity contribution in [2.24, 2.45) is 5.16 Å². The zero-order valence-electron chi connectivity index (χ0n) is 11.7. The lowest BCUT2D eigenvalue weighted by Gasteiger charge is -2.08. The van der Waals surface area contributed by atoms with Crippen LogP contribution in [0.3, 0.4) is 0 Å². The largest absolute Gasteiger partial charge is 0.411 e. The molecule has 0 saturated heterocycles. The maximum absolute atomic E-state index is 10.9. The highest BCUT2D eigenvalue weighted by Crippen LogP contribution is 2.06. The van der Waals surface area contributed by atoms with Gasteiger partial charge >= 0.3 is 0 Å². The van der Waals surface area contributed by atoms with Gasteiger partial charge in [-0.15, -0.1) is 0 Å². The van der Waals surface area contributed by atoms with Crippen LogP contribution in [0.5, 0.6) is 0 Å². The number of unbranched alkanes of at least 4 members (excludes halogenated alkanes) is 6. The molecule has 0 heterocycles. The minimum absolute atomic E-state index is 0.332. The van der Waals surface area contributed by atoms with Gasteiger partial charge in [0.2, 0.25) is 0 Å². The molecule has 0 fully saturated rings. The highest BCUT2D eigenvalue weighted by molar-refractivity contribution is 6.25. The maximum atomic E-state index is 10.9. The Morgan fingerprint density at radius 1 is 1.11 bits per heavy atom. The zero-order chi connectivity index (χ0) is 13.6. The van der Waals surface area contributed by atoms with Crippen molar-refractivity contribution in [2.45, 2.75) is 44.9 Å². The first-order valence-corrected chi connectivity index (χ1v) is 6.77. The van der Waals surface area contributed by atoms with Crippen molar-refractivity contribution < 1.29 is 10.0 Å². The van der Waals surface area contributed by atoms with Crippen LogP contribution >= 0.6 is 0 Å². The summed E-state index contributed by atoms with van der Waals surface area (Å²) < 4.78 is 0. The smallest absolute Gasteiger partial charge is 0.265 e. The van der Waals surface area contributed by atoms with Crippen LogP contribution in [-0.4, -0.2) is 49.4 Å². The van der Waals surface area contributed by atoms with Crippen LogP contribution in [0.4, 0.5) is 0 Å². The van der Waals surface area contributed by atoms with Crippen molar-refractivity contribution >= 4 is 12.1 Å². The van der Waals surface area contributed by atoms with Gasteiger partial charge in [0.25, 0.3) is 5.91 Å². The molecule has 106 valence electrons. The van der Waals surface area contributed by atoms with Gasteiger partial charge in [-0.3, -0.25) is 4.79 Å². The second-order valence-electron chi connectivity index (χ2n) is 4.81. The fraction of sp³-hybridized carbons (Fsp3) is 0.846. The van der Waals surface area contributed by atoms with Crippen molar-refractivity contribution in [2.75, 3.05) is 27.2 Å². The first kappa shape index (κ1) is 16.9. The van der Waals surface area contributed by atoms with Gasteiger partial charge < -0.3 is 15.4 Å². The van der Waals surface area contributed by atoms with E-state index < -0.39 is 0 Å². The van der Waals surface area contributed by atoms with E-state index >= 15 is 0 Å². The third kappa shape index (κ3) is 13.0. The quantitative estimate of drug-likeness (QED) is 0.257. The van der Waals surface area contributed by atoms with E-state index in [1.54, 1.807) is 0 Å². The number of rotatable bonds is 11. The molecule has 2 N–H and O–H groups in total. The normalized spacial score (nSPS) is 11.3. The molecular weight excluding hydrogens is 230 g/mol. The van der Waals surface area contributed by atoms with E-state index in [1.807, 2.05) is 0 Å². The number of hydrogen-bond acceptors (Lipinski definition) is 4. The molecular formula is C13H27N3O2. The maximum Gasteiger partial charge on any atom is 0.265 e. The number of amides is 1. The van der Waals surface area contributed by atoms with Crippen LogP contribution in [0.15, 0.2) is 5.16 Å². The molecule has 0 radical (unpaired) electrons. The molecule has 0 aromatic heterocycles. The predicted molar refractivity (Wildman–Crippen MR) is 74.2 cm³/mol. The molecule has 18 heavy (non-hydrogen) atoms. The van der Waals surface area contributed by atoms with Gasteiger partial charge in [-0.05, 0) is 33.5 Å². The molecule has 0 atom stereocenters. The summed E-state index contributed by atoms with van der Waals surface area (Å²) in [5.41, 5.74) is 0. The van der Waals surface area contributed by atoms with Gasteiger partial charge in [-0.2, -0.15) is 0 Å². The SMILES string of the molecule is CN(C)CCCCCCCCCNC(=O)C=NO. The van der Waals surface area contributed by atoms with Gasteiger partial charge in [0.1, 0.15) is 6.21 Å². The molecule has 0 bridgehead atoms. The summed E-state index contributed by atoms with van der Waals surface area (Å²) in [5.74, 6) is -0.332. The molecule has 0 aliphatic heterocycles. The third-order valence-electron chi connectivity index (χ3n) is 2.76. The minimum Gasteiger partial charge on any atom is -0.411 e. The van der Waals surface area contributed by atoms with Crippen LogP contribution in [0.1, 0.15) is 44.9 Å². The van der Waals surface area contributed by atoms with Gasteiger partial charge in [-0.25, -0.2) is 0 Å². The van der Waals surface area contributed by atoms with E-state index in [1.165, 1.54) is 38.6 Å². The third-order valence-corrected chi connectivity index (χ3v) is 2.76. The van der Waals surface area contributed by atoms with Crippen molar-refractivity contribution in [1.29, 1.82) is 0 Å². The number of nitrogens with zero attached hydrogens (tertiary/aromatic N) is 2. The van der Waals surface area contributed by atoms with Crippen LogP contribution < -0.4 is 5.32 Å². The lowest BCUT2D eigenvalue weighted by molar-refractivity contribution is -0.114. The minimum atomic E-state index is -0.332. The molecule has 0 aliphatic rings. The Hall–Kier alpha value is -1.10. The molecule has 0 saturated carbocycles. The summed E-state index contributed by atoms with van der Waals surface area (Å²) in [6, 6.07) is 0. The van der Waals surface area contributed by atoms with Crippen LogP contribution in [-0.2, 0) is 4.79 Å². The fourth-order valence-electron chi connectivity index (χ4n) is 1.75. The molecule has 0 unspecified atom stereocenters. The number of nitrogens with one attached hydrogen (secondary N) is 1. The van der Waals surface area contributed by atoms with E-state index in [-0.39, 0.29) is 5.91 Å². The molecule has 0 aromatic carbocycles. The Balaban J connectivity index is 3.10. The topological polar surface area (TPSA) is 64.9 Å². The Morgan fingerprint density at radius 2 is 1.67 bits per heavy atom. The first-order valence-electron chi connectivity index (χ1n) is 6.77.